The number of benzene rings is 1. The lowest BCUT2D eigenvalue weighted by Gasteiger charge is -2.42. The number of para-hydroxylation sites is 1. The summed E-state index contributed by atoms with van der Waals surface area (Å²) in [6.07, 6.45) is 4.13. The Kier molecular flexibility index (Phi) is 4.10. The second-order valence-corrected chi connectivity index (χ2v) is 5.11. The largest absolute Gasteiger partial charge is 0.334 e. The van der Waals surface area contributed by atoms with Gasteiger partial charge in [0.1, 0.15) is 12.2 Å². The van der Waals surface area contributed by atoms with Crippen LogP contribution < -0.4 is 4.48 Å². The number of hydrogen-bond donors (Lipinski definition) is 0. The van der Waals surface area contributed by atoms with Crippen LogP contribution in [0.25, 0.3) is 0 Å². The van der Waals surface area contributed by atoms with Crippen LogP contribution in [0.15, 0.2) is 29.4 Å². The molecule has 1 aromatic carbocycles. The highest BCUT2D eigenvalue weighted by Crippen LogP contribution is 2.42. The smallest absolute Gasteiger partial charge is 0.210 e. The summed E-state index contributed by atoms with van der Waals surface area (Å²) in [5.41, 5.74) is 4.09. The highest BCUT2D eigenvalue weighted by Gasteiger charge is 2.43. The van der Waals surface area contributed by atoms with Crippen molar-refractivity contribution in [2.45, 2.75) is 26.7 Å². The van der Waals surface area contributed by atoms with E-state index < -0.39 is 0 Å². The van der Waals surface area contributed by atoms with Crippen molar-refractivity contribution in [1.82, 2.24) is 4.48 Å². The van der Waals surface area contributed by atoms with Crippen LogP contribution >= 0.6 is 11.6 Å². The van der Waals surface area contributed by atoms with Gasteiger partial charge in [0.25, 0.3) is 0 Å². The van der Waals surface area contributed by atoms with Crippen LogP contribution in [0, 0.1) is 0 Å². The molecule has 98 valence electrons. The molecule has 0 saturated carbocycles. The van der Waals surface area contributed by atoms with Gasteiger partial charge in [-0.2, -0.15) is 0 Å². The van der Waals surface area contributed by atoms with Crippen molar-refractivity contribution in [3.63, 3.8) is 0 Å². The van der Waals surface area contributed by atoms with Gasteiger partial charge in [-0.15, -0.1) is 0 Å². The molecule has 0 N–H and O–H groups in total. The maximum absolute atomic E-state index is 6.40. The van der Waals surface area contributed by atoms with Crippen LogP contribution in [0.1, 0.15) is 25.0 Å². The highest BCUT2D eigenvalue weighted by molar-refractivity contribution is 6.31. The fourth-order valence-electron chi connectivity index (χ4n) is 2.74. The van der Waals surface area contributed by atoms with Gasteiger partial charge >= 0.3 is 0 Å². The summed E-state index contributed by atoms with van der Waals surface area (Å²) in [6.45, 7) is 5.92. The van der Waals surface area contributed by atoms with Crippen molar-refractivity contribution < 1.29 is 4.74 Å². The topological polar surface area (TPSA) is 9.23 Å². The number of ether oxygens (including phenoxy) is 1. The predicted octanol–water partition coefficient (Wildman–Crippen LogP) is 3.82. The zero-order valence-electron chi connectivity index (χ0n) is 11.4. The minimum absolute atomic E-state index is 0.610. The first kappa shape index (κ1) is 13.6. The number of hydrogen-bond acceptors (Lipinski definition) is 1. The first-order chi connectivity index (χ1) is 8.69. The Morgan fingerprint density at radius 2 is 1.83 bits per heavy atom. The molecule has 1 heterocycles. The molecule has 18 heavy (non-hydrogen) atoms. The quantitative estimate of drug-likeness (QED) is 0.582. The van der Waals surface area contributed by atoms with Crippen molar-refractivity contribution >= 4 is 17.3 Å². The van der Waals surface area contributed by atoms with E-state index in [1.165, 1.54) is 16.8 Å². The summed E-state index contributed by atoms with van der Waals surface area (Å²) >= 11 is 6.40. The summed E-state index contributed by atoms with van der Waals surface area (Å²) in [7, 11) is 1.74. The van der Waals surface area contributed by atoms with Gasteiger partial charge in [-0.1, -0.05) is 32.0 Å². The Labute approximate surface area is 114 Å². The Balaban J connectivity index is 2.57. The molecule has 1 atom stereocenters. The van der Waals surface area contributed by atoms with Gasteiger partial charge in [0, 0.05) is 24.3 Å². The lowest BCUT2D eigenvalue weighted by molar-refractivity contribution is 0.0905. The van der Waals surface area contributed by atoms with Crippen molar-refractivity contribution in [2.75, 3.05) is 20.4 Å². The Hall–Kier alpha value is -0.830. The minimum atomic E-state index is 0.610. The van der Waals surface area contributed by atoms with Crippen molar-refractivity contribution in [2.24, 2.45) is 0 Å². The molecule has 0 saturated heterocycles. The lowest BCUT2D eigenvalue weighted by Crippen LogP contribution is -2.55. The fourth-order valence-corrected chi connectivity index (χ4v) is 3.01. The van der Waals surface area contributed by atoms with Gasteiger partial charge in [0.05, 0.1) is 0 Å². The van der Waals surface area contributed by atoms with E-state index in [-0.39, 0.29) is 0 Å². The van der Waals surface area contributed by atoms with E-state index in [0.717, 1.165) is 24.5 Å². The van der Waals surface area contributed by atoms with Gasteiger partial charge in [0.15, 0.2) is 6.73 Å². The van der Waals surface area contributed by atoms with Gasteiger partial charge in [-0.3, -0.25) is 0 Å². The zero-order chi connectivity index (χ0) is 13.2. The van der Waals surface area contributed by atoms with Crippen LogP contribution in [-0.4, -0.2) is 20.4 Å². The van der Waals surface area contributed by atoms with Crippen LogP contribution in [0.4, 0.5) is 5.69 Å². The van der Waals surface area contributed by atoms with Gasteiger partial charge in [0.2, 0.25) is 5.16 Å². The van der Waals surface area contributed by atoms with E-state index in [2.05, 4.69) is 38.1 Å². The van der Waals surface area contributed by atoms with Crippen molar-refractivity contribution in [1.29, 1.82) is 0 Å². The molecule has 1 aromatic rings. The Morgan fingerprint density at radius 1 is 1.22 bits per heavy atom. The van der Waals surface area contributed by atoms with Crippen molar-refractivity contribution in [3.8, 4) is 0 Å². The molecule has 0 aromatic heterocycles. The lowest BCUT2D eigenvalue weighted by atomic mass is 9.99. The number of methoxy groups -OCH3 is 1. The third-order valence-corrected chi connectivity index (χ3v) is 4.20. The first-order valence-corrected chi connectivity index (χ1v) is 6.91. The maximum Gasteiger partial charge on any atom is 0.210 e. The summed E-state index contributed by atoms with van der Waals surface area (Å²) in [5.74, 6) is 0. The highest BCUT2D eigenvalue weighted by atomic mass is 35.5. The van der Waals surface area contributed by atoms with E-state index >= 15 is 0 Å². The van der Waals surface area contributed by atoms with Crippen LogP contribution in [0.5, 0.6) is 0 Å². The van der Waals surface area contributed by atoms with E-state index in [4.69, 9.17) is 16.3 Å². The molecule has 2 nitrogen and oxygen atoms in total. The molecule has 3 heteroatoms. The molecule has 1 aliphatic rings. The second-order valence-electron chi connectivity index (χ2n) is 4.73. The van der Waals surface area contributed by atoms with E-state index in [1.54, 1.807) is 7.11 Å². The number of halogens is 1. The third-order valence-electron chi connectivity index (χ3n) is 3.72. The molecular formula is C15H21ClNO+. The summed E-state index contributed by atoms with van der Waals surface area (Å²) in [4.78, 5) is 0. The predicted molar refractivity (Wildman–Crippen MR) is 77.7 cm³/mol. The molecule has 2 rings (SSSR count). The van der Waals surface area contributed by atoms with Crippen LogP contribution in [0.2, 0.25) is 0 Å². The first-order valence-electron chi connectivity index (χ1n) is 6.53. The number of nitrogens with zero attached hydrogens (tertiary/aromatic N) is 1. The summed E-state index contributed by atoms with van der Waals surface area (Å²) in [6, 6.07) is 6.54. The molecule has 0 bridgehead atoms. The molecule has 0 radical (unpaired) electrons. The van der Waals surface area contributed by atoms with E-state index in [1.807, 2.05) is 0 Å². The SMILES string of the molecule is CCc1cccc(CC)c1[N+]1(COC)CC=C1Cl. The molecule has 1 aliphatic heterocycles. The second kappa shape index (κ2) is 5.43. The normalized spacial score (nSPS) is 22.6. The zero-order valence-corrected chi connectivity index (χ0v) is 12.1. The number of aryl methyl sites for hydroxylation is 2. The molecular weight excluding hydrogens is 246 g/mol. The Morgan fingerprint density at radius 3 is 2.17 bits per heavy atom. The van der Waals surface area contributed by atoms with Crippen LogP contribution in [0.3, 0.4) is 0 Å². The van der Waals surface area contributed by atoms with E-state index in [0.29, 0.717) is 11.2 Å². The molecule has 0 fully saturated rings. The maximum atomic E-state index is 6.40. The van der Waals surface area contributed by atoms with Gasteiger partial charge in [-0.25, -0.2) is 4.48 Å². The standard InChI is InChI=1S/C15H21ClNO/c1-4-12-7-6-8-13(5-2)15(12)17(11-18-3)10-9-14(17)16/h6-9H,4-5,10-11H2,1-3H3/q+1. The average molecular weight is 267 g/mol. The monoisotopic (exact) mass is 266 g/mol. The summed E-state index contributed by atoms with van der Waals surface area (Å²) in [5, 5.41) is 0.882. The van der Waals surface area contributed by atoms with E-state index in [9.17, 15) is 0 Å². The molecule has 0 aliphatic carbocycles. The fraction of sp³-hybridized carbons (Fsp3) is 0.467. The summed E-state index contributed by atoms with van der Waals surface area (Å²) < 4.78 is 6.08. The van der Waals surface area contributed by atoms with Crippen molar-refractivity contribution in [3.05, 3.63) is 40.6 Å². The number of rotatable bonds is 5. The molecule has 0 spiro atoms. The third kappa shape index (κ3) is 1.99. The Bertz CT molecular complexity index is 447. The van der Waals surface area contributed by atoms with Gasteiger partial charge in [-0.05, 0) is 24.4 Å². The molecule has 0 amide bonds. The average Bonchev–Trinajstić information content (AvgIpc) is 2.42. The minimum Gasteiger partial charge on any atom is -0.334 e. The van der Waals surface area contributed by atoms with Crippen LogP contribution in [-0.2, 0) is 17.6 Å². The molecule has 1 unspecified atom stereocenters. The number of quaternary nitrogens is 1. The van der Waals surface area contributed by atoms with Gasteiger partial charge < -0.3 is 4.74 Å².